The fourth-order valence-electron chi connectivity index (χ4n) is 2.89. The molecule has 32 heavy (non-hydrogen) atoms. The van der Waals surface area contributed by atoms with Gasteiger partial charge in [0.1, 0.15) is 0 Å². The summed E-state index contributed by atoms with van der Waals surface area (Å²) in [6.07, 6.45) is 10.2. The van der Waals surface area contributed by atoms with Gasteiger partial charge >= 0.3 is 0 Å². The molecule has 6 radical (unpaired) electrons. The maximum Gasteiger partial charge on any atom is 0.0166 e. The quantitative estimate of drug-likeness (QED) is 0.428. The zero-order chi connectivity index (χ0) is 25.3. The Labute approximate surface area is 200 Å². The summed E-state index contributed by atoms with van der Waals surface area (Å²) in [4.78, 5) is 0. The van der Waals surface area contributed by atoms with Crippen molar-refractivity contribution < 1.29 is 0 Å². The zero-order valence-corrected chi connectivity index (χ0v) is 21.2. The Morgan fingerprint density at radius 3 is 1.62 bits per heavy atom. The number of terminal acetylenes is 1. The highest BCUT2D eigenvalue weighted by Gasteiger charge is 2.44. The van der Waals surface area contributed by atoms with Crippen molar-refractivity contribution in [1.82, 2.24) is 0 Å². The second-order valence-electron chi connectivity index (χ2n) is 9.61. The summed E-state index contributed by atoms with van der Waals surface area (Å²) in [5.41, 5.74) is 6.98. The first-order valence-corrected chi connectivity index (χ1v) is 11.0. The lowest BCUT2D eigenvalue weighted by Gasteiger charge is -2.34. The summed E-state index contributed by atoms with van der Waals surface area (Å²) < 4.78 is 0. The largest absolute Gasteiger partial charge is 0.124 e. The molecule has 1 aliphatic rings. The Balaban J connectivity index is 0.000000679. The van der Waals surface area contributed by atoms with Crippen LogP contribution in [0.5, 0.6) is 0 Å². The van der Waals surface area contributed by atoms with Gasteiger partial charge in [-0.05, 0) is 80.5 Å². The lowest BCUT2D eigenvalue weighted by Crippen LogP contribution is -2.26. The van der Waals surface area contributed by atoms with E-state index in [1.165, 1.54) is 22.3 Å². The summed E-state index contributed by atoms with van der Waals surface area (Å²) in [5.74, 6) is 0. The molecule has 0 atom stereocenters. The van der Waals surface area contributed by atoms with Crippen LogP contribution in [0.3, 0.4) is 0 Å². The van der Waals surface area contributed by atoms with E-state index in [0.717, 1.165) is 24.0 Å². The van der Waals surface area contributed by atoms with Crippen molar-refractivity contribution >= 4 is 0 Å². The molecule has 0 heteroatoms. The molecule has 2 aromatic carbocycles. The fourth-order valence-corrected chi connectivity index (χ4v) is 2.89. The van der Waals surface area contributed by atoms with Crippen LogP contribution in [0.4, 0.5) is 0 Å². The predicted octanol–water partition coefficient (Wildman–Crippen LogP) is 8.87. The predicted molar refractivity (Wildman–Crippen MR) is 144 cm³/mol. The fraction of sp³-hybridized carbons (Fsp3) is 0.344. The van der Waals surface area contributed by atoms with Gasteiger partial charge in [0.25, 0.3) is 0 Å². The van der Waals surface area contributed by atoms with Gasteiger partial charge in [0.15, 0.2) is 0 Å². The van der Waals surface area contributed by atoms with Gasteiger partial charge in [0.2, 0.25) is 0 Å². The molecule has 2 aromatic rings. The van der Waals surface area contributed by atoms with E-state index in [-0.39, 0.29) is 16.2 Å². The van der Waals surface area contributed by atoms with Crippen LogP contribution in [0, 0.1) is 71.8 Å². The lowest BCUT2D eigenvalue weighted by molar-refractivity contribution is 0.225. The first-order valence-electron chi connectivity index (χ1n) is 11.0. The average Bonchev–Trinajstić information content (AvgIpc) is 3.53. The van der Waals surface area contributed by atoms with Crippen LogP contribution in [0.15, 0.2) is 48.0 Å². The molecule has 0 aromatic heterocycles. The van der Waals surface area contributed by atoms with Crippen LogP contribution in [0.2, 0.25) is 0 Å². The van der Waals surface area contributed by atoms with Crippen molar-refractivity contribution in [3.05, 3.63) is 106 Å². The topological polar surface area (TPSA) is 0 Å². The second kappa shape index (κ2) is 12.1. The maximum atomic E-state index is 5.95. The molecule has 0 amide bonds. The smallest absolute Gasteiger partial charge is 0.0166 e. The molecule has 1 saturated carbocycles. The standard InChI is InChI=1S/C20H19.C8H16.C2H5.C2H2/c1-14(2)20(11-12-20)18-8-6-17(7-9-18)19-10-5-15(3)13-16(19)4;1-7(2,3)8(4,5)6;2*1-2/h1,5-10,13H,2,4,11-12H2,3H3;1,4H2,2-3,5-6H3;1H2,2H3;1-2H. The van der Waals surface area contributed by atoms with E-state index in [9.17, 15) is 0 Å². The molecule has 0 saturated heterocycles. The number of benzene rings is 2. The summed E-state index contributed by atoms with van der Waals surface area (Å²) in [7, 11) is 0. The monoisotopic (exact) mass is 426 g/mol. The van der Waals surface area contributed by atoms with Crippen molar-refractivity contribution in [2.75, 3.05) is 0 Å². The molecule has 1 aliphatic carbocycles. The van der Waals surface area contributed by atoms with Crippen molar-refractivity contribution in [3.8, 4) is 24.0 Å². The number of aryl methyl sites for hydroxylation is 1. The van der Waals surface area contributed by atoms with Gasteiger partial charge in [0.05, 0.1) is 0 Å². The first-order chi connectivity index (χ1) is 14.8. The van der Waals surface area contributed by atoms with E-state index in [1.807, 2.05) is 0 Å². The summed E-state index contributed by atoms with van der Waals surface area (Å²) >= 11 is 0. The Kier molecular flexibility index (Phi) is 11.3. The minimum atomic E-state index is 0.0408. The Morgan fingerprint density at radius 2 is 1.31 bits per heavy atom. The number of hydrogen-bond acceptors (Lipinski definition) is 0. The lowest BCUT2D eigenvalue weighted by atomic mass is 9.71. The molecular weight excluding hydrogens is 384 g/mol. The van der Waals surface area contributed by atoms with E-state index in [4.69, 9.17) is 6.58 Å². The molecule has 0 heterocycles. The van der Waals surface area contributed by atoms with Crippen LogP contribution in [-0.4, -0.2) is 0 Å². The van der Waals surface area contributed by atoms with Gasteiger partial charge in [-0.25, -0.2) is 0 Å². The van der Waals surface area contributed by atoms with Crippen molar-refractivity contribution in [1.29, 1.82) is 0 Å². The van der Waals surface area contributed by atoms with E-state index in [0.29, 0.717) is 0 Å². The molecule has 0 aliphatic heterocycles. The average molecular weight is 427 g/mol. The van der Waals surface area contributed by atoms with Crippen LogP contribution < -0.4 is 0 Å². The molecular formula is C32H42. The van der Waals surface area contributed by atoms with Crippen molar-refractivity contribution in [2.45, 2.75) is 59.8 Å². The highest BCUT2D eigenvalue weighted by atomic mass is 14.5. The van der Waals surface area contributed by atoms with E-state index >= 15 is 0 Å². The minimum Gasteiger partial charge on any atom is -0.124 e. The molecule has 0 unspecified atom stereocenters. The van der Waals surface area contributed by atoms with Gasteiger partial charge in [-0.1, -0.05) is 102 Å². The highest BCUT2D eigenvalue weighted by molar-refractivity contribution is 5.69. The van der Waals surface area contributed by atoms with Crippen molar-refractivity contribution in [3.63, 3.8) is 0 Å². The number of hydrogen-bond donors (Lipinski definition) is 0. The molecule has 0 nitrogen and oxygen atoms in total. The molecule has 170 valence electrons. The molecule has 0 bridgehead atoms. The Bertz CT molecular complexity index is 845. The number of rotatable bonds is 4. The van der Waals surface area contributed by atoms with Crippen LogP contribution >= 0.6 is 0 Å². The summed E-state index contributed by atoms with van der Waals surface area (Å²) in [5, 5.41) is 0. The maximum absolute atomic E-state index is 5.95. The normalized spacial score (nSPS) is 13.8. The van der Waals surface area contributed by atoms with Gasteiger partial charge in [0, 0.05) is 5.41 Å². The van der Waals surface area contributed by atoms with E-state index in [1.54, 1.807) is 6.92 Å². The third-order valence-corrected chi connectivity index (χ3v) is 6.21. The second-order valence-corrected chi connectivity index (χ2v) is 9.61. The Morgan fingerprint density at radius 1 is 0.875 bits per heavy atom. The van der Waals surface area contributed by atoms with E-state index < -0.39 is 0 Å². The highest BCUT2D eigenvalue weighted by Crippen LogP contribution is 2.53. The zero-order valence-electron chi connectivity index (χ0n) is 21.2. The third-order valence-electron chi connectivity index (χ3n) is 6.21. The van der Waals surface area contributed by atoms with Crippen LogP contribution in [-0.2, 0) is 5.41 Å². The molecule has 0 spiro atoms. The van der Waals surface area contributed by atoms with Crippen LogP contribution in [0.1, 0.15) is 64.2 Å². The van der Waals surface area contributed by atoms with Gasteiger partial charge in [-0.2, -0.15) is 0 Å². The van der Waals surface area contributed by atoms with Crippen LogP contribution in [0.25, 0.3) is 11.1 Å². The SMILES string of the molecule is C#C.[CH2]C.[CH2]C(C)(C)C([CH2])(C)C.[CH]=C([CH2])C1(c2ccc(-c3ccc(C)cc3[CH2])cc2)CC1. The molecule has 3 rings (SSSR count). The minimum absolute atomic E-state index is 0.0408. The molecule has 1 fully saturated rings. The first kappa shape index (κ1) is 29.7. The van der Waals surface area contributed by atoms with Gasteiger partial charge < -0.3 is 0 Å². The Hall–Kier alpha value is -2.26. The summed E-state index contributed by atoms with van der Waals surface area (Å²) in [6.45, 7) is 37.5. The van der Waals surface area contributed by atoms with Gasteiger partial charge in [-0.3, -0.25) is 0 Å². The number of allylic oxidation sites excluding steroid dienone is 1. The summed E-state index contributed by atoms with van der Waals surface area (Å²) in [6, 6.07) is 15.1. The van der Waals surface area contributed by atoms with E-state index in [2.05, 4.69) is 125 Å². The molecule has 0 N–H and O–H groups in total. The van der Waals surface area contributed by atoms with Crippen molar-refractivity contribution in [2.24, 2.45) is 10.8 Å². The third kappa shape index (κ3) is 7.70. The van der Waals surface area contributed by atoms with Gasteiger partial charge in [-0.15, -0.1) is 12.8 Å².